The summed E-state index contributed by atoms with van der Waals surface area (Å²) in [5.74, 6) is -0.552. The minimum atomic E-state index is -4.63. The number of carbonyl (C=O) groups is 1. The molecule has 7 nitrogen and oxygen atoms in total. The fraction of sp³-hybridized carbons (Fsp3) is 0.353. The molecule has 4 N–H and O–H groups in total. The Labute approximate surface area is 153 Å². The molecule has 1 aromatic heterocycles. The van der Waals surface area contributed by atoms with E-state index in [1.807, 2.05) is 0 Å². The van der Waals surface area contributed by atoms with Crippen LogP contribution in [0, 0.1) is 0 Å². The van der Waals surface area contributed by atoms with Crippen molar-refractivity contribution in [3.05, 3.63) is 35.5 Å². The van der Waals surface area contributed by atoms with Crippen LogP contribution in [0.1, 0.15) is 24.5 Å². The molecule has 144 valence electrons. The number of nitrogens with zero attached hydrogens (tertiary/aromatic N) is 2. The maximum absolute atomic E-state index is 13.2. The molecule has 1 atom stereocenters. The summed E-state index contributed by atoms with van der Waals surface area (Å²) in [7, 11) is 0. The fourth-order valence-electron chi connectivity index (χ4n) is 2.67. The summed E-state index contributed by atoms with van der Waals surface area (Å²) < 4.78 is 39.6. The first kappa shape index (κ1) is 18.9. The molecule has 2 aromatic rings. The van der Waals surface area contributed by atoms with Gasteiger partial charge in [0.05, 0.1) is 19.1 Å². The van der Waals surface area contributed by atoms with Crippen LogP contribution in [0.3, 0.4) is 0 Å². The zero-order valence-electron chi connectivity index (χ0n) is 14.4. The summed E-state index contributed by atoms with van der Waals surface area (Å²) in [6.45, 7) is 1.41. The van der Waals surface area contributed by atoms with E-state index in [4.69, 9.17) is 0 Å². The van der Waals surface area contributed by atoms with Crippen LogP contribution in [-0.4, -0.2) is 33.6 Å². The highest BCUT2D eigenvalue weighted by Gasteiger charge is 2.35. The Bertz CT molecular complexity index is 853. The SMILES string of the molecule is CC[C@@H](CO)Nc1nc(Nc2ccc3c(c2)CC(=O)N3)ncc1C(F)(F)F. The van der Waals surface area contributed by atoms with Crippen LogP contribution in [0.25, 0.3) is 0 Å². The second-order valence-corrected chi connectivity index (χ2v) is 6.11. The van der Waals surface area contributed by atoms with Gasteiger partial charge in [-0.15, -0.1) is 0 Å². The lowest BCUT2D eigenvalue weighted by molar-refractivity contribution is -0.137. The van der Waals surface area contributed by atoms with Gasteiger partial charge >= 0.3 is 6.18 Å². The van der Waals surface area contributed by atoms with Gasteiger partial charge in [0, 0.05) is 17.6 Å². The van der Waals surface area contributed by atoms with Crippen LogP contribution in [0.4, 0.5) is 36.3 Å². The lowest BCUT2D eigenvalue weighted by atomic mass is 10.1. The molecule has 2 heterocycles. The third kappa shape index (κ3) is 4.27. The lowest BCUT2D eigenvalue weighted by Crippen LogP contribution is -2.25. The van der Waals surface area contributed by atoms with Crippen molar-refractivity contribution in [3.63, 3.8) is 0 Å². The Hall–Kier alpha value is -2.88. The van der Waals surface area contributed by atoms with Crippen LogP contribution in [-0.2, 0) is 17.4 Å². The molecule has 1 aromatic carbocycles. The smallest absolute Gasteiger partial charge is 0.394 e. The molecule has 0 bridgehead atoms. The molecule has 1 amide bonds. The summed E-state index contributed by atoms with van der Waals surface area (Å²) >= 11 is 0. The number of aliphatic hydroxyl groups is 1. The summed E-state index contributed by atoms with van der Waals surface area (Å²) in [5.41, 5.74) is 1.02. The van der Waals surface area contributed by atoms with E-state index >= 15 is 0 Å². The van der Waals surface area contributed by atoms with E-state index in [0.717, 1.165) is 5.56 Å². The number of amides is 1. The lowest BCUT2D eigenvalue weighted by Gasteiger charge is -2.19. The normalized spacial score (nSPS) is 14.5. The average Bonchev–Trinajstić information content (AvgIpc) is 2.98. The van der Waals surface area contributed by atoms with Crippen LogP contribution < -0.4 is 16.0 Å². The third-order valence-corrected chi connectivity index (χ3v) is 4.13. The number of aliphatic hydroxyl groups excluding tert-OH is 1. The molecular formula is C17H18F3N5O2. The van der Waals surface area contributed by atoms with Gasteiger partial charge in [-0.2, -0.15) is 18.2 Å². The van der Waals surface area contributed by atoms with Crippen molar-refractivity contribution in [2.24, 2.45) is 0 Å². The second kappa shape index (κ2) is 7.39. The van der Waals surface area contributed by atoms with Crippen molar-refractivity contribution < 1.29 is 23.1 Å². The quantitative estimate of drug-likeness (QED) is 0.614. The van der Waals surface area contributed by atoms with Gasteiger partial charge < -0.3 is 21.1 Å². The van der Waals surface area contributed by atoms with Crippen molar-refractivity contribution in [2.45, 2.75) is 32.0 Å². The second-order valence-electron chi connectivity index (χ2n) is 6.11. The van der Waals surface area contributed by atoms with E-state index in [1.54, 1.807) is 25.1 Å². The first-order chi connectivity index (χ1) is 12.8. The van der Waals surface area contributed by atoms with Gasteiger partial charge in [0.25, 0.3) is 0 Å². The number of halogens is 3. The monoisotopic (exact) mass is 381 g/mol. The van der Waals surface area contributed by atoms with E-state index in [9.17, 15) is 23.1 Å². The molecular weight excluding hydrogens is 363 g/mol. The topological polar surface area (TPSA) is 99.2 Å². The van der Waals surface area contributed by atoms with Crippen molar-refractivity contribution in [1.29, 1.82) is 0 Å². The van der Waals surface area contributed by atoms with Gasteiger partial charge in [0.1, 0.15) is 11.4 Å². The summed E-state index contributed by atoms with van der Waals surface area (Å²) in [4.78, 5) is 19.1. The van der Waals surface area contributed by atoms with Crippen LogP contribution >= 0.6 is 0 Å². The molecule has 0 aliphatic carbocycles. The van der Waals surface area contributed by atoms with Crippen molar-refractivity contribution in [3.8, 4) is 0 Å². The number of aromatic nitrogens is 2. The molecule has 0 saturated heterocycles. The maximum atomic E-state index is 13.2. The number of nitrogens with one attached hydrogen (secondary N) is 3. The van der Waals surface area contributed by atoms with Crippen molar-refractivity contribution in [1.82, 2.24) is 9.97 Å². The molecule has 10 heteroatoms. The van der Waals surface area contributed by atoms with Gasteiger partial charge in [0.15, 0.2) is 0 Å². The molecule has 1 aliphatic rings. The van der Waals surface area contributed by atoms with Gasteiger partial charge in [-0.05, 0) is 30.2 Å². The van der Waals surface area contributed by atoms with Crippen LogP contribution in [0.2, 0.25) is 0 Å². The van der Waals surface area contributed by atoms with Gasteiger partial charge in [-0.25, -0.2) is 4.98 Å². The largest absolute Gasteiger partial charge is 0.421 e. The Morgan fingerprint density at radius 1 is 1.37 bits per heavy atom. The van der Waals surface area contributed by atoms with E-state index in [-0.39, 0.29) is 24.9 Å². The minimum absolute atomic E-state index is 0.0319. The van der Waals surface area contributed by atoms with Crippen molar-refractivity contribution >= 4 is 29.0 Å². The van der Waals surface area contributed by atoms with E-state index < -0.39 is 23.6 Å². The summed E-state index contributed by atoms with van der Waals surface area (Å²) in [6.07, 6.45) is -3.28. The molecule has 0 spiro atoms. The molecule has 0 radical (unpaired) electrons. The van der Waals surface area contributed by atoms with E-state index in [0.29, 0.717) is 24.0 Å². The summed E-state index contributed by atoms with van der Waals surface area (Å²) in [5, 5.41) is 17.4. The van der Waals surface area contributed by atoms with Crippen LogP contribution in [0.5, 0.6) is 0 Å². The van der Waals surface area contributed by atoms with E-state index in [1.165, 1.54) is 0 Å². The number of hydrogen-bond donors (Lipinski definition) is 4. The Morgan fingerprint density at radius 2 is 2.15 bits per heavy atom. The van der Waals surface area contributed by atoms with Crippen LogP contribution in [0.15, 0.2) is 24.4 Å². The number of alkyl halides is 3. The number of anilines is 4. The van der Waals surface area contributed by atoms with Gasteiger partial charge in [0.2, 0.25) is 11.9 Å². The predicted molar refractivity (Wildman–Crippen MR) is 93.9 cm³/mol. The average molecular weight is 381 g/mol. The Balaban J connectivity index is 1.88. The molecule has 3 rings (SSSR count). The van der Waals surface area contributed by atoms with Crippen molar-refractivity contribution in [2.75, 3.05) is 22.6 Å². The number of benzene rings is 1. The summed E-state index contributed by atoms with van der Waals surface area (Å²) in [6, 6.07) is 4.52. The number of fused-ring (bicyclic) bond motifs is 1. The Morgan fingerprint density at radius 3 is 2.81 bits per heavy atom. The first-order valence-electron chi connectivity index (χ1n) is 8.31. The van der Waals surface area contributed by atoms with Gasteiger partial charge in [-0.3, -0.25) is 4.79 Å². The third-order valence-electron chi connectivity index (χ3n) is 4.13. The maximum Gasteiger partial charge on any atom is 0.421 e. The number of rotatable bonds is 6. The number of carbonyl (C=O) groups excluding carboxylic acids is 1. The molecule has 0 unspecified atom stereocenters. The molecule has 0 fully saturated rings. The predicted octanol–water partition coefficient (Wildman–Crippen LogP) is 2.92. The van der Waals surface area contributed by atoms with Gasteiger partial charge in [-0.1, -0.05) is 6.92 Å². The molecule has 1 aliphatic heterocycles. The van der Waals surface area contributed by atoms with E-state index in [2.05, 4.69) is 25.9 Å². The highest BCUT2D eigenvalue weighted by molar-refractivity contribution is 5.99. The minimum Gasteiger partial charge on any atom is -0.394 e. The number of hydrogen-bond acceptors (Lipinski definition) is 6. The zero-order valence-corrected chi connectivity index (χ0v) is 14.4. The molecule has 0 saturated carbocycles. The highest BCUT2D eigenvalue weighted by atomic mass is 19.4. The standard InChI is InChI=1S/C17H18F3N5O2/c1-2-10(8-26)22-15-12(17(18,19)20)7-21-16(25-15)23-11-3-4-13-9(5-11)6-14(27)24-13/h3-5,7,10,26H,2,6,8H2,1H3,(H,24,27)(H2,21,22,23,25)/t10-/m0/s1. The molecule has 27 heavy (non-hydrogen) atoms. The highest BCUT2D eigenvalue weighted by Crippen LogP contribution is 2.35. The first-order valence-corrected chi connectivity index (χ1v) is 8.31. The Kier molecular flexibility index (Phi) is 5.17. The zero-order chi connectivity index (χ0) is 19.6. The fourth-order valence-corrected chi connectivity index (χ4v) is 2.67.